The van der Waals surface area contributed by atoms with Crippen molar-refractivity contribution in [3.05, 3.63) is 64.6 Å². The fourth-order valence-electron chi connectivity index (χ4n) is 2.88. The molecule has 1 aliphatic rings. The van der Waals surface area contributed by atoms with Crippen LogP contribution in [0.4, 0.5) is 13.6 Å². The number of nitrogens with zero attached hydrogens (tertiary/aromatic N) is 1. The Hall–Kier alpha value is -3.73. The third-order valence-corrected chi connectivity index (χ3v) is 5.47. The third kappa shape index (κ3) is 6.88. The van der Waals surface area contributed by atoms with E-state index in [-0.39, 0.29) is 36.1 Å². The summed E-state index contributed by atoms with van der Waals surface area (Å²) in [6.07, 6.45) is 1.47. The Balaban J connectivity index is 1.46. The van der Waals surface area contributed by atoms with Crippen LogP contribution in [0.25, 0.3) is 6.08 Å². The van der Waals surface area contributed by atoms with E-state index in [4.69, 9.17) is 4.74 Å². The van der Waals surface area contributed by atoms with Crippen molar-refractivity contribution in [1.82, 2.24) is 10.2 Å². The fraction of sp³-hybridized carbons (Fsp3) is 0.217. The van der Waals surface area contributed by atoms with Crippen LogP contribution in [0.2, 0.25) is 0 Å². The number of hydrogen-bond donors (Lipinski definition) is 1. The number of amides is 3. The molecule has 0 radical (unpaired) electrons. The Morgan fingerprint density at radius 3 is 2.32 bits per heavy atom. The Kier molecular flexibility index (Phi) is 8.36. The third-order valence-electron chi connectivity index (χ3n) is 4.56. The number of carbonyl (C=O) groups excluding carboxylic acids is 4. The van der Waals surface area contributed by atoms with Crippen LogP contribution in [-0.4, -0.2) is 54.0 Å². The second kappa shape index (κ2) is 11.4. The second-order valence-electron chi connectivity index (χ2n) is 7.00. The van der Waals surface area contributed by atoms with Gasteiger partial charge in [0.25, 0.3) is 17.1 Å². The van der Waals surface area contributed by atoms with Crippen LogP contribution < -0.4 is 14.8 Å². The van der Waals surface area contributed by atoms with E-state index in [1.165, 1.54) is 37.3 Å². The molecule has 3 amide bonds. The second-order valence-corrected chi connectivity index (χ2v) is 7.99. The van der Waals surface area contributed by atoms with E-state index >= 15 is 0 Å². The summed E-state index contributed by atoms with van der Waals surface area (Å²) in [6, 6.07) is 12.0. The zero-order chi connectivity index (χ0) is 24.7. The molecule has 1 fully saturated rings. The number of halogens is 2. The first kappa shape index (κ1) is 24.9. The number of rotatable bonds is 10. The zero-order valence-corrected chi connectivity index (χ0v) is 18.8. The molecule has 1 aliphatic heterocycles. The largest absolute Gasteiger partial charge is 0.484 e. The Labute approximate surface area is 197 Å². The van der Waals surface area contributed by atoms with Gasteiger partial charge in [0.15, 0.2) is 12.4 Å². The molecule has 2 aromatic rings. The number of carbonyl (C=O) groups is 4. The number of ketones is 1. The Morgan fingerprint density at radius 2 is 1.71 bits per heavy atom. The van der Waals surface area contributed by atoms with E-state index in [1.807, 2.05) is 0 Å². The van der Waals surface area contributed by atoms with Crippen LogP contribution in [0.1, 0.15) is 22.8 Å². The monoisotopic (exact) mass is 490 g/mol. The van der Waals surface area contributed by atoms with Crippen LogP contribution >= 0.6 is 11.8 Å². The van der Waals surface area contributed by atoms with E-state index < -0.39 is 23.7 Å². The quantitative estimate of drug-likeness (QED) is 0.400. The molecule has 1 N–H and O–H groups in total. The minimum Gasteiger partial charge on any atom is -0.484 e. The molecule has 1 saturated heterocycles. The summed E-state index contributed by atoms with van der Waals surface area (Å²) >= 11 is 0.747. The van der Waals surface area contributed by atoms with Gasteiger partial charge in [-0.1, -0.05) is 12.1 Å². The molecule has 34 heavy (non-hydrogen) atoms. The summed E-state index contributed by atoms with van der Waals surface area (Å²) < 4.78 is 34.1. The maximum Gasteiger partial charge on any atom is 0.387 e. The number of alkyl halides is 2. The molecular formula is C23H20F2N2O6S. The van der Waals surface area contributed by atoms with Crippen molar-refractivity contribution in [3.63, 3.8) is 0 Å². The summed E-state index contributed by atoms with van der Waals surface area (Å²) in [7, 11) is 0. The van der Waals surface area contributed by atoms with Gasteiger partial charge in [-0.05, 0) is 66.7 Å². The van der Waals surface area contributed by atoms with Gasteiger partial charge in [-0.2, -0.15) is 8.78 Å². The lowest BCUT2D eigenvalue weighted by atomic mass is 10.1. The van der Waals surface area contributed by atoms with Crippen molar-refractivity contribution in [2.24, 2.45) is 0 Å². The maximum absolute atomic E-state index is 12.5. The van der Waals surface area contributed by atoms with Gasteiger partial charge in [0.05, 0.1) is 4.91 Å². The predicted octanol–water partition coefficient (Wildman–Crippen LogP) is 3.72. The number of nitrogens with one attached hydrogen (secondary N) is 1. The van der Waals surface area contributed by atoms with E-state index in [0.29, 0.717) is 16.9 Å². The number of hydrogen-bond acceptors (Lipinski definition) is 7. The van der Waals surface area contributed by atoms with Gasteiger partial charge in [-0.15, -0.1) is 0 Å². The van der Waals surface area contributed by atoms with Gasteiger partial charge >= 0.3 is 6.61 Å². The molecule has 0 aromatic heterocycles. The Morgan fingerprint density at radius 1 is 1.06 bits per heavy atom. The SMILES string of the molecule is CC(=O)c1ccc(OCC(=O)NCCN2C(=O)S/C(=C/c3ccc(OC(F)F)cc3)C2=O)cc1. The lowest BCUT2D eigenvalue weighted by Crippen LogP contribution is -2.38. The highest BCUT2D eigenvalue weighted by atomic mass is 32.2. The van der Waals surface area contributed by atoms with Gasteiger partial charge in [0.2, 0.25) is 0 Å². The highest BCUT2D eigenvalue weighted by Crippen LogP contribution is 2.32. The molecule has 0 atom stereocenters. The molecular weight excluding hydrogens is 470 g/mol. The van der Waals surface area contributed by atoms with Gasteiger partial charge in [0, 0.05) is 18.7 Å². The first-order valence-corrected chi connectivity index (χ1v) is 10.9. The number of thioether (sulfide) groups is 1. The van der Waals surface area contributed by atoms with Crippen LogP contribution in [0.15, 0.2) is 53.4 Å². The first-order chi connectivity index (χ1) is 16.2. The number of Topliss-reactive ketones (excluding diaryl/α,β-unsaturated/α-hetero) is 1. The normalized spacial score (nSPS) is 14.6. The zero-order valence-electron chi connectivity index (χ0n) is 18.0. The molecule has 0 aliphatic carbocycles. The van der Waals surface area contributed by atoms with Gasteiger partial charge < -0.3 is 14.8 Å². The van der Waals surface area contributed by atoms with Crippen molar-refractivity contribution < 1.29 is 37.4 Å². The summed E-state index contributed by atoms with van der Waals surface area (Å²) in [6.45, 7) is -1.75. The van der Waals surface area contributed by atoms with Crippen LogP contribution in [-0.2, 0) is 9.59 Å². The molecule has 1 heterocycles. The molecule has 178 valence electrons. The van der Waals surface area contributed by atoms with Crippen LogP contribution in [0, 0.1) is 0 Å². The standard InChI is InChI=1S/C23H20F2N2O6S/c1-14(28)16-4-8-17(9-5-16)32-13-20(29)26-10-11-27-21(30)19(34-23(27)31)12-15-2-6-18(7-3-15)33-22(24)25/h2-9,12,22H,10-11,13H2,1H3,(H,26,29)/b19-12+. The molecule has 0 bridgehead atoms. The smallest absolute Gasteiger partial charge is 0.387 e. The molecule has 0 saturated carbocycles. The van der Waals surface area contributed by atoms with Crippen LogP contribution in [0.3, 0.4) is 0 Å². The molecule has 0 unspecified atom stereocenters. The van der Waals surface area contributed by atoms with Crippen molar-refractivity contribution in [2.75, 3.05) is 19.7 Å². The van der Waals surface area contributed by atoms with Gasteiger partial charge in [-0.3, -0.25) is 24.1 Å². The molecule has 8 nitrogen and oxygen atoms in total. The minimum absolute atomic E-state index is 0.0203. The predicted molar refractivity (Wildman–Crippen MR) is 121 cm³/mol. The highest BCUT2D eigenvalue weighted by molar-refractivity contribution is 8.18. The topological polar surface area (TPSA) is 102 Å². The van der Waals surface area contributed by atoms with E-state index in [2.05, 4.69) is 10.1 Å². The summed E-state index contributed by atoms with van der Waals surface area (Å²) in [5, 5.41) is 2.09. The van der Waals surface area contributed by atoms with Crippen LogP contribution in [0.5, 0.6) is 11.5 Å². The van der Waals surface area contributed by atoms with E-state index in [9.17, 15) is 28.0 Å². The van der Waals surface area contributed by atoms with E-state index in [0.717, 1.165) is 16.7 Å². The highest BCUT2D eigenvalue weighted by Gasteiger charge is 2.34. The number of benzene rings is 2. The van der Waals surface area contributed by atoms with Gasteiger partial charge in [-0.25, -0.2) is 0 Å². The lowest BCUT2D eigenvalue weighted by molar-refractivity contribution is -0.125. The fourth-order valence-corrected chi connectivity index (χ4v) is 3.75. The van der Waals surface area contributed by atoms with Gasteiger partial charge in [0.1, 0.15) is 11.5 Å². The van der Waals surface area contributed by atoms with Crippen molar-refractivity contribution >= 4 is 40.7 Å². The first-order valence-electron chi connectivity index (χ1n) is 10.0. The average Bonchev–Trinajstić information content (AvgIpc) is 3.06. The number of ether oxygens (including phenoxy) is 2. The van der Waals surface area contributed by atoms with Crippen molar-refractivity contribution in [2.45, 2.75) is 13.5 Å². The molecule has 3 rings (SSSR count). The van der Waals surface area contributed by atoms with Crippen molar-refractivity contribution in [3.8, 4) is 11.5 Å². The average molecular weight is 490 g/mol. The summed E-state index contributed by atoms with van der Waals surface area (Å²) in [5.74, 6) is -0.634. The number of imide groups is 1. The maximum atomic E-state index is 12.5. The Bertz CT molecular complexity index is 1100. The summed E-state index contributed by atoms with van der Waals surface area (Å²) in [4.78, 5) is 49.1. The molecule has 0 spiro atoms. The molecule has 11 heteroatoms. The summed E-state index contributed by atoms with van der Waals surface area (Å²) in [5.41, 5.74) is 1.06. The minimum atomic E-state index is -2.94. The van der Waals surface area contributed by atoms with Crippen molar-refractivity contribution in [1.29, 1.82) is 0 Å². The van der Waals surface area contributed by atoms with E-state index in [1.54, 1.807) is 24.3 Å². The molecule has 2 aromatic carbocycles. The lowest BCUT2D eigenvalue weighted by Gasteiger charge is -2.13.